The van der Waals surface area contributed by atoms with Gasteiger partial charge in [0.2, 0.25) is 0 Å². The van der Waals surface area contributed by atoms with E-state index in [2.05, 4.69) is 5.32 Å². The number of halogens is 1. The summed E-state index contributed by atoms with van der Waals surface area (Å²) in [4.78, 5) is 12.5. The minimum Gasteiger partial charge on any atom is -0.388 e. The Kier molecular flexibility index (Phi) is 3.76. The lowest BCUT2D eigenvalue weighted by atomic mass is 9.85. The molecule has 4 heteroatoms. The van der Waals surface area contributed by atoms with E-state index in [9.17, 15) is 14.3 Å². The molecule has 2 aromatic carbocycles. The highest BCUT2D eigenvalue weighted by molar-refractivity contribution is 6.07. The van der Waals surface area contributed by atoms with Crippen molar-refractivity contribution in [1.82, 2.24) is 5.32 Å². The van der Waals surface area contributed by atoms with Gasteiger partial charge in [0.25, 0.3) is 5.91 Å². The monoisotopic (exact) mass is 289 g/mol. The number of fused-ring (bicyclic) bond motifs is 1. The van der Waals surface area contributed by atoms with Crippen LogP contribution < -0.4 is 5.32 Å². The van der Waals surface area contributed by atoms with Crippen molar-refractivity contribution in [2.45, 2.75) is 38.8 Å². The number of benzene rings is 2. The van der Waals surface area contributed by atoms with Crippen LogP contribution in [0.25, 0.3) is 10.8 Å². The largest absolute Gasteiger partial charge is 0.388 e. The maximum atomic E-state index is 13.8. The van der Waals surface area contributed by atoms with Crippen LogP contribution in [0.3, 0.4) is 0 Å². The second-order valence-electron chi connectivity index (χ2n) is 6.28. The molecule has 2 N–H and O–H groups in total. The minimum atomic E-state index is -1.08. The molecule has 2 rings (SSSR count). The third kappa shape index (κ3) is 2.90. The molecule has 0 fully saturated rings. The van der Waals surface area contributed by atoms with Gasteiger partial charge in [0, 0.05) is 10.9 Å². The first-order chi connectivity index (χ1) is 9.63. The normalized spacial score (nSPS) is 12.5. The number of hydrogen-bond acceptors (Lipinski definition) is 2. The molecule has 0 spiro atoms. The van der Waals surface area contributed by atoms with Crippen molar-refractivity contribution in [3.05, 3.63) is 47.8 Å². The summed E-state index contributed by atoms with van der Waals surface area (Å²) in [5.74, 6) is -0.692. The van der Waals surface area contributed by atoms with Gasteiger partial charge in [0.15, 0.2) is 0 Å². The first kappa shape index (κ1) is 15.4. The van der Waals surface area contributed by atoms with E-state index in [1.54, 1.807) is 52.0 Å². The highest BCUT2D eigenvalue weighted by Gasteiger charge is 2.36. The molecule has 0 saturated heterocycles. The second kappa shape index (κ2) is 5.11. The topological polar surface area (TPSA) is 49.3 Å². The average Bonchev–Trinajstić information content (AvgIpc) is 2.37. The van der Waals surface area contributed by atoms with Crippen molar-refractivity contribution in [3.63, 3.8) is 0 Å². The summed E-state index contributed by atoms with van der Waals surface area (Å²) in [5, 5.41) is 13.9. The molecule has 0 heterocycles. The lowest BCUT2D eigenvalue weighted by molar-refractivity contribution is -0.00289. The zero-order chi connectivity index (χ0) is 15.8. The number of carbonyl (C=O) groups is 1. The van der Waals surface area contributed by atoms with Crippen LogP contribution in [0, 0.1) is 5.82 Å². The summed E-state index contributed by atoms with van der Waals surface area (Å²) >= 11 is 0. The molecule has 0 unspecified atom stereocenters. The van der Waals surface area contributed by atoms with Crippen LogP contribution in [-0.4, -0.2) is 22.2 Å². The maximum absolute atomic E-state index is 13.8. The Hall–Kier alpha value is -1.94. The Morgan fingerprint density at radius 2 is 1.62 bits per heavy atom. The van der Waals surface area contributed by atoms with E-state index in [1.807, 2.05) is 0 Å². The van der Waals surface area contributed by atoms with Crippen molar-refractivity contribution in [2.75, 3.05) is 0 Å². The molecule has 0 aliphatic carbocycles. The van der Waals surface area contributed by atoms with Gasteiger partial charge >= 0.3 is 0 Å². The molecule has 21 heavy (non-hydrogen) atoms. The standard InChI is InChI=1S/C17H20FNO2/c1-16(2,17(3,4)21)19-15(20)13-9-10-14(18)12-8-6-5-7-11(12)13/h5-10,21H,1-4H3,(H,19,20). The number of rotatable bonds is 3. The van der Waals surface area contributed by atoms with Crippen molar-refractivity contribution in [3.8, 4) is 0 Å². The highest BCUT2D eigenvalue weighted by Crippen LogP contribution is 2.25. The van der Waals surface area contributed by atoms with Crippen LogP contribution in [0.2, 0.25) is 0 Å². The van der Waals surface area contributed by atoms with Gasteiger partial charge < -0.3 is 10.4 Å². The fraction of sp³-hybridized carbons (Fsp3) is 0.353. The van der Waals surface area contributed by atoms with Crippen LogP contribution in [0.1, 0.15) is 38.1 Å². The number of hydrogen-bond donors (Lipinski definition) is 2. The van der Waals surface area contributed by atoms with Gasteiger partial charge in [-0.05, 0) is 45.2 Å². The smallest absolute Gasteiger partial charge is 0.252 e. The summed E-state index contributed by atoms with van der Waals surface area (Å²) in [7, 11) is 0. The van der Waals surface area contributed by atoms with Gasteiger partial charge in [-0.15, -0.1) is 0 Å². The van der Waals surface area contributed by atoms with Crippen molar-refractivity contribution < 1.29 is 14.3 Å². The van der Waals surface area contributed by atoms with Gasteiger partial charge in [-0.2, -0.15) is 0 Å². The number of amides is 1. The highest BCUT2D eigenvalue weighted by atomic mass is 19.1. The third-order valence-corrected chi connectivity index (χ3v) is 4.07. The molecule has 3 nitrogen and oxygen atoms in total. The zero-order valence-corrected chi connectivity index (χ0v) is 12.7. The number of nitrogens with one attached hydrogen (secondary N) is 1. The average molecular weight is 289 g/mol. The van der Waals surface area contributed by atoms with E-state index < -0.39 is 11.1 Å². The Balaban J connectivity index is 2.44. The summed E-state index contributed by atoms with van der Waals surface area (Å²) < 4.78 is 13.8. The molecule has 0 saturated carbocycles. The fourth-order valence-corrected chi connectivity index (χ4v) is 1.96. The van der Waals surface area contributed by atoms with Crippen LogP contribution in [0.5, 0.6) is 0 Å². The van der Waals surface area contributed by atoms with E-state index in [0.717, 1.165) is 0 Å². The predicted molar refractivity (Wildman–Crippen MR) is 81.7 cm³/mol. The van der Waals surface area contributed by atoms with Gasteiger partial charge in [-0.1, -0.05) is 24.3 Å². The van der Waals surface area contributed by atoms with Gasteiger partial charge in [0.1, 0.15) is 5.82 Å². The number of carbonyl (C=O) groups excluding carboxylic acids is 1. The molecule has 112 valence electrons. The molecular weight excluding hydrogens is 269 g/mol. The quantitative estimate of drug-likeness (QED) is 0.911. The van der Waals surface area contributed by atoms with Gasteiger partial charge in [0.05, 0.1) is 11.1 Å². The van der Waals surface area contributed by atoms with E-state index in [1.165, 1.54) is 12.1 Å². The molecule has 0 aliphatic heterocycles. The molecule has 0 atom stereocenters. The van der Waals surface area contributed by atoms with Crippen LogP contribution >= 0.6 is 0 Å². The van der Waals surface area contributed by atoms with E-state index >= 15 is 0 Å². The first-order valence-corrected chi connectivity index (χ1v) is 6.85. The first-order valence-electron chi connectivity index (χ1n) is 6.85. The molecule has 0 aromatic heterocycles. The maximum Gasteiger partial charge on any atom is 0.252 e. The van der Waals surface area contributed by atoms with Crippen LogP contribution in [-0.2, 0) is 0 Å². The van der Waals surface area contributed by atoms with Gasteiger partial charge in [-0.3, -0.25) is 4.79 Å². The lowest BCUT2D eigenvalue weighted by Crippen LogP contribution is -2.57. The number of aliphatic hydroxyl groups is 1. The predicted octanol–water partition coefficient (Wildman–Crippen LogP) is 3.26. The molecule has 0 bridgehead atoms. The Labute approximate surface area is 123 Å². The van der Waals surface area contributed by atoms with E-state index in [-0.39, 0.29) is 11.7 Å². The van der Waals surface area contributed by atoms with Crippen LogP contribution in [0.15, 0.2) is 36.4 Å². The Morgan fingerprint density at radius 3 is 2.19 bits per heavy atom. The lowest BCUT2D eigenvalue weighted by Gasteiger charge is -2.38. The second-order valence-corrected chi connectivity index (χ2v) is 6.28. The van der Waals surface area contributed by atoms with E-state index in [0.29, 0.717) is 16.3 Å². The van der Waals surface area contributed by atoms with Crippen molar-refractivity contribution in [1.29, 1.82) is 0 Å². The zero-order valence-electron chi connectivity index (χ0n) is 12.7. The Bertz CT molecular complexity index is 687. The molecular formula is C17H20FNO2. The van der Waals surface area contributed by atoms with Crippen molar-refractivity contribution in [2.24, 2.45) is 0 Å². The third-order valence-electron chi connectivity index (χ3n) is 4.07. The summed E-state index contributed by atoms with van der Waals surface area (Å²) in [6.45, 7) is 6.76. The van der Waals surface area contributed by atoms with Crippen molar-refractivity contribution >= 4 is 16.7 Å². The summed E-state index contributed by atoms with van der Waals surface area (Å²) in [6.07, 6.45) is 0. The fourth-order valence-electron chi connectivity index (χ4n) is 1.96. The van der Waals surface area contributed by atoms with Crippen LogP contribution in [0.4, 0.5) is 4.39 Å². The van der Waals surface area contributed by atoms with Gasteiger partial charge in [-0.25, -0.2) is 4.39 Å². The Morgan fingerprint density at radius 1 is 1.05 bits per heavy atom. The minimum absolute atomic E-state index is 0.335. The summed E-state index contributed by atoms with van der Waals surface area (Å²) in [6, 6.07) is 9.60. The molecule has 0 aliphatic rings. The molecule has 2 aromatic rings. The molecule has 1 amide bonds. The molecule has 0 radical (unpaired) electrons. The SMILES string of the molecule is CC(C)(O)C(C)(C)NC(=O)c1ccc(F)c2ccccc12. The van der Waals surface area contributed by atoms with E-state index in [4.69, 9.17) is 0 Å². The summed E-state index contributed by atoms with van der Waals surface area (Å²) in [5.41, 5.74) is -1.51.